The smallest absolute Gasteiger partial charge is 0.328 e. The maximum absolute atomic E-state index is 11.9. The van der Waals surface area contributed by atoms with Crippen LogP contribution in [0.4, 0.5) is 11.5 Å². The molecule has 0 aromatic carbocycles. The predicted molar refractivity (Wildman–Crippen MR) is 72.6 cm³/mol. The zero-order chi connectivity index (χ0) is 14.7. The maximum Gasteiger partial charge on any atom is 0.328 e. The Bertz CT molecular complexity index is 532. The third-order valence-corrected chi connectivity index (χ3v) is 3.37. The molecule has 2 rings (SSSR count). The second kappa shape index (κ2) is 5.85. The quantitative estimate of drug-likeness (QED) is 0.475. The molecule has 1 fully saturated rings. The molecule has 1 aromatic rings. The number of aromatic nitrogens is 1. The molecule has 2 heterocycles. The number of aryl methyl sites for hydroxylation is 1. The van der Waals surface area contributed by atoms with Gasteiger partial charge in [-0.2, -0.15) is 0 Å². The van der Waals surface area contributed by atoms with Gasteiger partial charge in [-0.25, -0.2) is 9.78 Å². The molecule has 108 valence electrons. The molecule has 1 atom stereocenters. The van der Waals surface area contributed by atoms with Crippen LogP contribution >= 0.6 is 0 Å². The average molecular weight is 279 g/mol. The number of pyridine rings is 1. The van der Waals surface area contributed by atoms with Gasteiger partial charge in [0.1, 0.15) is 18.1 Å². The van der Waals surface area contributed by atoms with Crippen LogP contribution in [0.5, 0.6) is 0 Å². The summed E-state index contributed by atoms with van der Waals surface area (Å²) in [6, 6.07) is 1.30. The van der Waals surface area contributed by atoms with Crippen LogP contribution < -0.4 is 4.90 Å². The predicted octanol–water partition coefficient (Wildman–Crippen LogP) is 1.83. The topological polar surface area (TPSA) is 85.6 Å². The van der Waals surface area contributed by atoms with Gasteiger partial charge in [0.05, 0.1) is 11.5 Å². The van der Waals surface area contributed by atoms with E-state index in [-0.39, 0.29) is 17.7 Å². The van der Waals surface area contributed by atoms with Crippen molar-refractivity contribution in [3.8, 4) is 0 Å². The Balaban J connectivity index is 2.24. The highest BCUT2D eigenvalue weighted by Crippen LogP contribution is 2.27. The Morgan fingerprint density at radius 3 is 3.00 bits per heavy atom. The van der Waals surface area contributed by atoms with E-state index in [0.717, 1.165) is 12.8 Å². The highest BCUT2D eigenvalue weighted by Gasteiger charge is 2.33. The Morgan fingerprint density at radius 2 is 2.40 bits per heavy atom. The number of rotatable bonds is 4. The number of ether oxygens (including phenoxy) is 1. The summed E-state index contributed by atoms with van der Waals surface area (Å²) in [5.41, 5.74) is 0.523. The second-order valence-corrected chi connectivity index (χ2v) is 4.69. The van der Waals surface area contributed by atoms with E-state index in [9.17, 15) is 14.9 Å². The summed E-state index contributed by atoms with van der Waals surface area (Å²) < 4.78 is 5.05. The summed E-state index contributed by atoms with van der Waals surface area (Å²) in [5.74, 6) is 0.325. The molecule has 0 spiro atoms. The number of carbonyl (C=O) groups excluding carboxylic acids is 1. The molecule has 1 aliphatic heterocycles. The van der Waals surface area contributed by atoms with Gasteiger partial charge in [-0.15, -0.1) is 0 Å². The van der Waals surface area contributed by atoms with Crippen molar-refractivity contribution in [3.63, 3.8) is 0 Å². The first-order valence-electron chi connectivity index (χ1n) is 6.59. The molecule has 0 saturated carbocycles. The van der Waals surface area contributed by atoms with Gasteiger partial charge < -0.3 is 9.64 Å². The van der Waals surface area contributed by atoms with Gasteiger partial charge in [0.2, 0.25) is 0 Å². The van der Waals surface area contributed by atoms with Crippen molar-refractivity contribution in [3.05, 3.63) is 27.9 Å². The van der Waals surface area contributed by atoms with Gasteiger partial charge in [-0.05, 0) is 32.8 Å². The van der Waals surface area contributed by atoms with Crippen molar-refractivity contribution >= 4 is 17.5 Å². The van der Waals surface area contributed by atoms with Crippen molar-refractivity contribution in [2.45, 2.75) is 32.7 Å². The zero-order valence-electron chi connectivity index (χ0n) is 11.5. The summed E-state index contributed by atoms with van der Waals surface area (Å²) in [5, 5.41) is 10.8. The molecule has 20 heavy (non-hydrogen) atoms. The lowest BCUT2D eigenvalue weighted by Crippen LogP contribution is -2.37. The van der Waals surface area contributed by atoms with E-state index in [0.29, 0.717) is 24.5 Å². The van der Waals surface area contributed by atoms with Crippen molar-refractivity contribution in [1.82, 2.24) is 4.98 Å². The standard InChI is InChI=1S/C13H17N3O4/c1-3-20-13(17)10-5-4-6-15(10)12-7-9(2)11(8-14-12)16(18)19/h7-8,10H,3-6H2,1-2H3. The summed E-state index contributed by atoms with van der Waals surface area (Å²) in [4.78, 5) is 28.2. The largest absolute Gasteiger partial charge is 0.464 e. The average Bonchev–Trinajstić information content (AvgIpc) is 2.87. The Kier molecular flexibility index (Phi) is 4.16. The number of esters is 1. The molecule has 7 nitrogen and oxygen atoms in total. The fourth-order valence-electron chi connectivity index (χ4n) is 2.41. The van der Waals surface area contributed by atoms with Crippen LogP contribution in [0, 0.1) is 17.0 Å². The van der Waals surface area contributed by atoms with Gasteiger partial charge in [-0.3, -0.25) is 10.1 Å². The maximum atomic E-state index is 11.9. The van der Waals surface area contributed by atoms with Gasteiger partial charge in [0, 0.05) is 12.1 Å². The fraction of sp³-hybridized carbons (Fsp3) is 0.538. The first kappa shape index (κ1) is 14.2. The third kappa shape index (κ3) is 2.71. The lowest BCUT2D eigenvalue weighted by atomic mass is 10.2. The normalized spacial score (nSPS) is 18.1. The zero-order valence-corrected chi connectivity index (χ0v) is 11.5. The highest BCUT2D eigenvalue weighted by molar-refractivity contribution is 5.80. The van der Waals surface area contributed by atoms with Gasteiger partial charge in [0.15, 0.2) is 0 Å². The van der Waals surface area contributed by atoms with E-state index in [1.807, 2.05) is 4.90 Å². The molecule has 0 N–H and O–H groups in total. The SMILES string of the molecule is CCOC(=O)C1CCCN1c1cc(C)c([N+](=O)[O-])cn1. The monoisotopic (exact) mass is 279 g/mol. The lowest BCUT2D eigenvalue weighted by Gasteiger charge is -2.24. The lowest BCUT2D eigenvalue weighted by molar-refractivity contribution is -0.385. The first-order valence-corrected chi connectivity index (χ1v) is 6.59. The summed E-state index contributed by atoms with van der Waals surface area (Å²) >= 11 is 0. The van der Waals surface area contributed by atoms with E-state index in [1.54, 1.807) is 19.9 Å². The van der Waals surface area contributed by atoms with Crippen molar-refractivity contribution in [2.24, 2.45) is 0 Å². The minimum absolute atomic E-state index is 0.0133. The number of nitro groups is 1. The number of anilines is 1. The number of hydrogen-bond donors (Lipinski definition) is 0. The molecule has 0 aliphatic carbocycles. The molecular formula is C13H17N3O4. The summed E-state index contributed by atoms with van der Waals surface area (Å²) in [6.07, 6.45) is 2.84. The van der Waals surface area contributed by atoms with Crippen LogP contribution in [0.1, 0.15) is 25.3 Å². The first-order chi connectivity index (χ1) is 9.54. The number of hydrogen-bond acceptors (Lipinski definition) is 6. The summed E-state index contributed by atoms with van der Waals surface area (Å²) in [6.45, 7) is 4.48. The van der Waals surface area contributed by atoms with E-state index < -0.39 is 4.92 Å². The minimum Gasteiger partial charge on any atom is -0.464 e. The Hall–Kier alpha value is -2.18. The molecule has 1 aliphatic rings. The van der Waals surface area contributed by atoms with E-state index in [1.165, 1.54) is 6.20 Å². The second-order valence-electron chi connectivity index (χ2n) is 4.69. The van der Waals surface area contributed by atoms with Gasteiger partial charge >= 0.3 is 5.97 Å². The molecule has 0 radical (unpaired) electrons. The van der Waals surface area contributed by atoms with Crippen LogP contribution in [0.3, 0.4) is 0 Å². The van der Waals surface area contributed by atoms with Gasteiger partial charge in [-0.1, -0.05) is 0 Å². The molecule has 0 amide bonds. The van der Waals surface area contributed by atoms with Crippen LogP contribution in [-0.4, -0.2) is 35.1 Å². The molecule has 1 saturated heterocycles. The summed E-state index contributed by atoms with van der Waals surface area (Å²) in [7, 11) is 0. The van der Waals surface area contributed by atoms with E-state index in [2.05, 4.69) is 4.98 Å². The third-order valence-electron chi connectivity index (χ3n) is 3.37. The van der Waals surface area contributed by atoms with Crippen LogP contribution in [0.2, 0.25) is 0 Å². The van der Waals surface area contributed by atoms with Gasteiger partial charge in [0.25, 0.3) is 5.69 Å². The molecule has 1 unspecified atom stereocenters. The van der Waals surface area contributed by atoms with E-state index >= 15 is 0 Å². The van der Waals surface area contributed by atoms with Crippen LogP contribution in [0.25, 0.3) is 0 Å². The van der Waals surface area contributed by atoms with Crippen molar-refractivity contribution in [1.29, 1.82) is 0 Å². The highest BCUT2D eigenvalue weighted by atomic mass is 16.6. The number of nitrogens with zero attached hydrogens (tertiary/aromatic N) is 3. The minimum atomic E-state index is -0.459. The molecule has 7 heteroatoms. The Morgan fingerprint density at radius 1 is 1.65 bits per heavy atom. The Labute approximate surface area is 116 Å². The fourth-order valence-corrected chi connectivity index (χ4v) is 2.41. The van der Waals surface area contributed by atoms with E-state index in [4.69, 9.17) is 4.74 Å². The molecule has 1 aromatic heterocycles. The van der Waals surface area contributed by atoms with Crippen molar-refractivity contribution < 1.29 is 14.5 Å². The molecular weight excluding hydrogens is 262 g/mol. The van der Waals surface area contributed by atoms with Crippen LogP contribution in [-0.2, 0) is 9.53 Å². The molecule has 0 bridgehead atoms. The number of carbonyl (C=O) groups is 1. The van der Waals surface area contributed by atoms with Crippen molar-refractivity contribution in [2.75, 3.05) is 18.1 Å². The van der Waals surface area contributed by atoms with Crippen LogP contribution in [0.15, 0.2) is 12.3 Å².